The molecule has 0 saturated heterocycles. The number of nitrogens with zero attached hydrogens (tertiary/aromatic N) is 1. The lowest BCUT2D eigenvalue weighted by atomic mass is 9.48. The van der Waals surface area contributed by atoms with Crippen LogP contribution in [0.2, 0.25) is 0 Å². The van der Waals surface area contributed by atoms with Gasteiger partial charge in [-0.25, -0.2) is 9.78 Å². The van der Waals surface area contributed by atoms with E-state index in [1.165, 1.54) is 17.8 Å². The third-order valence-electron chi connectivity index (χ3n) is 6.68. The Labute approximate surface area is 161 Å². The van der Waals surface area contributed by atoms with Gasteiger partial charge in [0.05, 0.1) is 5.41 Å². The number of primary amides is 1. The Hall–Kier alpha value is -2.21. The summed E-state index contributed by atoms with van der Waals surface area (Å²) >= 11 is 1.42. The van der Waals surface area contributed by atoms with Crippen LogP contribution in [-0.2, 0) is 9.53 Å². The van der Waals surface area contributed by atoms with Gasteiger partial charge in [0, 0.05) is 10.9 Å². The highest BCUT2D eigenvalue weighted by atomic mass is 32.1. The summed E-state index contributed by atoms with van der Waals surface area (Å²) in [5.74, 6) is 0.608. The number of aromatic nitrogens is 1. The SMILES string of the molecule is NC(=O)C12CC3CC(CC(C3)C1OC(=O)c1csc(-c3ccccc3)n1)C2. The maximum absolute atomic E-state index is 12.8. The van der Waals surface area contributed by atoms with Gasteiger partial charge < -0.3 is 10.5 Å². The summed E-state index contributed by atoms with van der Waals surface area (Å²) < 4.78 is 5.93. The van der Waals surface area contributed by atoms with E-state index >= 15 is 0 Å². The number of hydrogen-bond acceptors (Lipinski definition) is 5. The predicted molar refractivity (Wildman–Crippen MR) is 102 cm³/mol. The van der Waals surface area contributed by atoms with Crippen LogP contribution in [0.5, 0.6) is 0 Å². The molecule has 4 saturated carbocycles. The van der Waals surface area contributed by atoms with Crippen LogP contribution in [0.1, 0.15) is 42.6 Å². The van der Waals surface area contributed by atoms with Crippen molar-refractivity contribution in [3.05, 3.63) is 41.4 Å². The van der Waals surface area contributed by atoms with E-state index in [-0.39, 0.29) is 11.8 Å². The molecule has 27 heavy (non-hydrogen) atoms. The maximum atomic E-state index is 12.8. The number of ether oxygens (including phenoxy) is 1. The lowest BCUT2D eigenvalue weighted by Gasteiger charge is -2.58. The normalized spacial score (nSPS) is 33.8. The molecule has 6 heteroatoms. The summed E-state index contributed by atoms with van der Waals surface area (Å²) in [5.41, 5.74) is 6.44. The fourth-order valence-electron chi connectivity index (χ4n) is 5.80. The van der Waals surface area contributed by atoms with Gasteiger partial charge in [0.25, 0.3) is 0 Å². The van der Waals surface area contributed by atoms with Crippen molar-refractivity contribution in [1.29, 1.82) is 0 Å². The first kappa shape index (κ1) is 16.9. The molecule has 0 spiro atoms. The predicted octanol–water partition coefficient (Wildman–Crippen LogP) is 3.65. The van der Waals surface area contributed by atoms with Gasteiger partial charge in [0.1, 0.15) is 11.1 Å². The Morgan fingerprint density at radius 3 is 2.48 bits per heavy atom. The molecule has 2 aromatic rings. The van der Waals surface area contributed by atoms with Crippen LogP contribution in [0.4, 0.5) is 0 Å². The summed E-state index contributed by atoms with van der Waals surface area (Å²) in [5, 5.41) is 2.52. The summed E-state index contributed by atoms with van der Waals surface area (Å²) in [4.78, 5) is 29.7. The number of nitrogens with two attached hydrogens (primary N) is 1. The van der Waals surface area contributed by atoms with Gasteiger partial charge in [-0.05, 0) is 49.9 Å². The number of hydrogen-bond donors (Lipinski definition) is 1. The first-order valence-electron chi connectivity index (χ1n) is 9.57. The standard InChI is InChI=1S/C21H22N2O3S/c22-20(25)21-9-12-6-13(10-21)8-15(7-12)17(21)26-19(24)16-11-27-18(23-16)14-4-2-1-3-5-14/h1-5,11-13,15,17H,6-10H2,(H2,22,25). The fraction of sp³-hybridized carbons (Fsp3) is 0.476. The minimum atomic E-state index is -0.678. The molecule has 0 aliphatic heterocycles. The summed E-state index contributed by atoms with van der Waals surface area (Å²) in [6, 6.07) is 9.77. The van der Waals surface area contributed by atoms with Gasteiger partial charge in [-0.3, -0.25) is 4.79 Å². The first-order valence-corrected chi connectivity index (χ1v) is 10.4. The second kappa shape index (κ2) is 6.16. The minimum Gasteiger partial charge on any atom is -0.456 e. The molecule has 0 radical (unpaired) electrons. The molecule has 3 unspecified atom stereocenters. The summed E-state index contributed by atoms with van der Waals surface area (Å²) in [7, 11) is 0. The van der Waals surface area contributed by atoms with Crippen molar-refractivity contribution >= 4 is 23.2 Å². The number of carbonyl (C=O) groups excluding carboxylic acids is 2. The lowest BCUT2D eigenvalue weighted by Crippen LogP contribution is -2.62. The number of amides is 1. The van der Waals surface area contributed by atoms with Crippen LogP contribution in [-0.4, -0.2) is 23.0 Å². The quantitative estimate of drug-likeness (QED) is 0.819. The van der Waals surface area contributed by atoms with Crippen molar-refractivity contribution in [3.63, 3.8) is 0 Å². The molecule has 4 fully saturated rings. The Morgan fingerprint density at radius 1 is 1.11 bits per heavy atom. The van der Waals surface area contributed by atoms with E-state index in [1.807, 2.05) is 30.3 Å². The van der Waals surface area contributed by atoms with E-state index in [1.54, 1.807) is 5.38 Å². The molecule has 1 amide bonds. The van der Waals surface area contributed by atoms with Gasteiger partial charge in [-0.1, -0.05) is 30.3 Å². The second-order valence-electron chi connectivity index (χ2n) is 8.36. The van der Waals surface area contributed by atoms with Crippen molar-refractivity contribution < 1.29 is 14.3 Å². The summed E-state index contributed by atoms with van der Waals surface area (Å²) in [6.45, 7) is 0. The van der Waals surface area contributed by atoms with Crippen LogP contribution >= 0.6 is 11.3 Å². The zero-order chi connectivity index (χ0) is 18.6. The largest absolute Gasteiger partial charge is 0.456 e. The Morgan fingerprint density at radius 2 is 1.81 bits per heavy atom. The van der Waals surface area contributed by atoms with E-state index in [4.69, 9.17) is 10.5 Å². The van der Waals surface area contributed by atoms with E-state index in [2.05, 4.69) is 4.98 Å². The molecule has 6 rings (SSSR count). The molecule has 1 aromatic heterocycles. The van der Waals surface area contributed by atoms with Crippen LogP contribution in [0, 0.1) is 23.2 Å². The molecule has 5 nitrogen and oxygen atoms in total. The highest BCUT2D eigenvalue weighted by molar-refractivity contribution is 7.13. The van der Waals surface area contributed by atoms with Crippen LogP contribution in [0.3, 0.4) is 0 Å². The zero-order valence-corrected chi connectivity index (χ0v) is 15.8. The molecular weight excluding hydrogens is 360 g/mol. The number of benzene rings is 1. The smallest absolute Gasteiger partial charge is 0.358 e. The first-order chi connectivity index (χ1) is 13.0. The van der Waals surface area contributed by atoms with Gasteiger partial charge in [0.2, 0.25) is 5.91 Å². The number of thiazole rings is 1. The third-order valence-corrected chi connectivity index (χ3v) is 7.57. The molecular formula is C21H22N2O3S. The van der Waals surface area contributed by atoms with Crippen LogP contribution in [0.25, 0.3) is 10.6 Å². The fourth-order valence-corrected chi connectivity index (χ4v) is 6.60. The number of carbonyl (C=O) groups is 2. The van der Waals surface area contributed by atoms with Gasteiger partial charge >= 0.3 is 5.97 Å². The minimum absolute atomic E-state index is 0.250. The topological polar surface area (TPSA) is 82.3 Å². The molecule has 4 aliphatic carbocycles. The van der Waals surface area contributed by atoms with Gasteiger partial charge in [-0.15, -0.1) is 11.3 Å². The van der Waals surface area contributed by atoms with E-state index < -0.39 is 17.5 Å². The molecule has 4 aliphatic rings. The maximum Gasteiger partial charge on any atom is 0.358 e. The van der Waals surface area contributed by atoms with Crippen molar-refractivity contribution in [2.45, 2.75) is 38.2 Å². The van der Waals surface area contributed by atoms with Crippen molar-refractivity contribution in [1.82, 2.24) is 4.98 Å². The molecule has 2 N–H and O–H groups in total. The Bertz CT molecular complexity index is 880. The van der Waals surface area contributed by atoms with E-state index in [9.17, 15) is 9.59 Å². The van der Waals surface area contributed by atoms with Gasteiger partial charge in [0.15, 0.2) is 5.69 Å². The van der Waals surface area contributed by atoms with E-state index in [0.717, 1.165) is 36.3 Å². The van der Waals surface area contributed by atoms with Crippen LogP contribution < -0.4 is 5.73 Å². The van der Waals surface area contributed by atoms with Crippen LogP contribution in [0.15, 0.2) is 35.7 Å². The molecule has 1 heterocycles. The van der Waals surface area contributed by atoms with E-state index in [0.29, 0.717) is 17.5 Å². The van der Waals surface area contributed by atoms with Crippen molar-refractivity contribution in [2.24, 2.45) is 28.9 Å². The van der Waals surface area contributed by atoms with Gasteiger partial charge in [-0.2, -0.15) is 0 Å². The Balaban J connectivity index is 1.39. The monoisotopic (exact) mass is 382 g/mol. The zero-order valence-electron chi connectivity index (χ0n) is 15.0. The molecule has 3 atom stereocenters. The average Bonchev–Trinajstić information content (AvgIpc) is 3.15. The van der Waals surface area contributed by atoms with Crippen molar-refractivity contribution in [3.8, 4) is 10.6 Å². The summed E-state index contributed by atoms with van der Waals surface area (Å²) in [6.07, 6.45) is 4.39. The average molecular weight is 382 g/mol. The molecule has 4 bridgehead atoms. The lowest BCUT2D eigenvalue weighted by molar-refractivity contribution is -0.174. The highest BCUT2D eigenvalue weighted by Crippen LogP contribution is 2.61. The number of rotatable bonds is 4. The Kier molecular flexibility index (Phi) is 3.86. The highest BCUT2D eigenvalue weighted by Gasteiger charge is 2.61. The second-order valence-corrected chi connectivity index (χ2v) is 9.22. The molecule has 140 valence electrons. The number of esters is 1. The van der Waals surface area contributed by atoms with Crippen molar-refractivity contribution in [2.75, 3.05) is 0 Å². The molecule has 1 aromatic carbocycles. The third kappa shape index (κ3) is 2.69.